The maximum Gasteiger partial charge on any atom is 0.161 e. The summed E-state index contributed by atoms with van der Waals surface area (Å²) in [6.45, 7) is 0. The molecule has 0 spiro atoms. The Labute approximate surface area is 370 Å². The lowest BCUT2D eigenvalue weighted by Crippen LogP contribution is -2.05. The highest BCUT2D eigenvalue weighted by atomic mass is 15.0. The minimum atomic E-state index is 0.432. The smallest absolute Gasteiger partial charge is 0.161 e. The molecule has 12 aromatic rings. The number of hydrogen-bond donors (Lipinski definition) is 0. The third-order valence-corrected chi connectivity index (χ3v) is 12.4. The predicted octanol–water partition coefficient (Wildman–Crippen LogP) is 14.9. The molecule has 0 N–H and O–H groups in total. The molecular weight excluding hydrogens is 779 g/mol. The van der Waals surface area contributed by atoms with Gasteiger partial charge in [-0.05, 0) is 59.2 Å². The molecule has 5 heteroatoms. The monoisotopic (exact) mass is 815 g/mol. The Balaban J connectivity index is 1.20. The number of nitriles is 1. The van der Waals surface area contributed by atoms with E-state index in [9.17, 15) is 5.26 Å². The van der Waals surface area contributed by atoms with Crippen molar-refractivity contribution in [2.45, 2.75) is 0 Å². The average Bonchev–Trinajstić information content (AvgIpc) is 3.89. The van der Waals surface area contributed by atoms with Crippen LogP contribution in [0.15, 0.2) is 224 Å². The summed E-state index contributed by atoms with van der Waals surface area (Å²) in [6, 6.07) is 80.9. The van der Waals surface area contributed by atoms with Crippen molar-refractivity contribution < 1.29 is 0 Å². The fourth-order valence-corrected chi connectivity index (χ4v) is 9.61. The highest BCUT2D eigenvalue weighted by Gasteiger charge is 2.27. The van der Waals surface area contributed by atoms with Crippen molar-refractivity contribution in [3.63, 3.8) is 0 Å². The van der Waals surface area contributed by atoms with E-state index in [1.165, 1.54) is 21.8 Å². The van der Waals surface area contributed by atoms with Crippen molar-refractivity contribution in [1.29, 1.82) is 5.26 Å². The first-order valence-corrected chi connectivity index (χ1v) is 21.5. The van der Waals surface area contributed by atoms with Gasteiger partial charge >= 0.3 is 0 Å². The molecule has 0 atom stereocenters. The number of benzene rings is 9. The lowest BCUT2D eigenvalue weighted by Gasteiger charge is -2.22. The quantitative estimate of drug-likeness (QED) is 0.161. The van der Waals surface area contributed by atoms with Gasteiger partial charge in [0.25, 0.3) is 0 Å². The molecule has 64 heavy (non-hydrogen) atoms. The molecule has 0 aliphatic rings. The maximum atomic E-state index is 10.9. The van der Waals surface area contributed by atoms with Crippen molar-refractivity contribution in [3.8, 4) is 73.6 Å². The van der Waals surface area contributed by atoms with Gasteiger partial charge in [0.1, 0.15) is 11.6 Å². The van der Waals surface area contributed by atoms with Crippen molar-refractivity contribution in [2.75, 3.05) is 0 Å². The van der Waals surface area contributed by atoms with Gasteiger partial charge in [-0.15, -0.1) is 0 Å². The molecule has 0 amide bonds. The number of para-hydroxylation sites is 3. The Hall–Kier alpha value is -8.85. The molecule has 0 aliphatic heterocycles. The SMILES string of the molecule is N#Cc1c(-c2ccccc2)nc(-c2c(-c3ccccc3)ccc(-n3c4ccccc4c4cc(-n5c6ccccc6c6ccccc65)ccc43)c2-c2ccccc2)nc1-c1ccccc1. The third kappa shape index (κ3) is 5.93. The second-order valence-electron chi connectivity index (χ2n) is 16.0. The van der Waals surface area contributed by atoms with Gasteiger partial charge in [0.05, 0.1) is 39.1 Å². The molecule has 0 saturated carbocycles. The zero-order valence-electron chi connectivity index (χ0n) is 34.6. The highest BCUT2D eigenvalue weighted by Crippen LogP contribution is 2.46. The molecule has 3 aromatic heterocycles. The zero-order valence-corrected chi connectivity index (χ0v) is 34.6. The lowest BCUT2D eigenvalue weighted by atomic mass is 9.89. The van der Waals surface area contributed by atoms with Crippen molar-refractivity contribution in [3.05, 3.63) is 230 Å². The summed E-state index contributed by atoms with van der Waals surface area (Å²) in [4.78, 5) is 10.9. The number of rotatable bonds is 7. The van der Waals surface area contributed by atoms with E-state index >= 15 is 0 Å². The second kappa shape index (κ2) is 15.3. The Morgan fingerprint density at radius 1 is 0.359 bits per heavy atom. The molecule has 9 aromatic carbocycles. The molecule has 0 bridgehead atoms. The standard InChI is InChI=1S/C59H37N5/c60-38-49-57(41-23-9-3-10-24-41)61-59(62-58(49)42-25-11-4-12-26-42)56-44(39-19-5-1-6-20-39)34-36-54(55(56)40-21-7-2-8-22-40)64-52-32-18-15-29-47(52)48-37-43(33-35-53(48)64)63-50-30-16-13-27-45(50)46-28-14-17-31-51(46)63/h1-37H. The van der Waals surface area contributed by atoms with E-state index in [-0.39, 0.29) is 0 Å². The predicted molar refractivity (Wildman–Crippen MR) is 263 cm³/mol. The Bertz CT molecular complexity index is 3650. The Morgan fingerprint density at radius 2 is 0.797 bits per heavy atom. The van der Waals surface area contributed by atoms with Crippen LogP contribution < -0.4 is 0 Å². The van der Waals surface area contributed by atoms with Gasteiger partial charge in [-0.25, -0.2) is 9.97 Å². The highest BCUT2D eigenvalue weighted by molar-refractivity contribution is 6.13. The Morgan fingerprint density at radius 3 is 1.33 bits per heavy atom. The normalized spacial score (nSPS) is 11.4. The molecule has 298 valence electrons. The van der Waals surface area contributed by atoms with Gasteiger partial charge in [-0.1, -0.05) is 182 Å². The average molecular weight is 816 g/mol. The zero-order chi connectivity index (χ0) is 42.6. The van der Waals surface area contributed by atoms with E-state index in [0.717, 1.165) is 72.1 Å². The summed E-state index contributed by atoms with van der Waals surface area (Å²) in [6.07, 6.45) is 0. The van der Waals surface area contributed by atoms with E-state index in [0.29, 0.717) is 22.8 Å². The topological polar surface area (TPSA) is 59.4 Å². The van der Waals surface area contributed by atoms with Crippen LogP contribution in [0.4, 0.5) is 0 Å². The number of hydrogen-bond acceptors (Lipinski definition) is 3. The lowest BCUT2D eigenvalue weighted by molar-refractivity contribution is 1.15. The summed E-state index contributed by atoms with van der Waals surface area (Å²) in [7, 11) is 0. The first-order chi connectivity index (χ1) is 31.7. The third-order valence-electron chi connectivity index (χ3n) is 12.4. The van der Waals surface area contributed by atoms with E-state index in [1.54, 1.807) is 0 Å². The first-order valence-electron chi connectivity index (χ1n) is 21.5. The molecule has 12 rings (SSSR count). The summed E-state index contributed by atoms with van der Waals surface area (Å²) in [5.41, 5.74) is 14.8. The van der Waals surface area contributed by atoms with Crippen LogP contribution in [-0.2, 0) is 0 Å². The largest absolute Gasteiger partial charge is 0.309 e. The van der Waals surface area contributed by atoms with Gasteiger partial charge in [0, 0.05) is 49.5 Å². The maximum absolute atomic E-state index is 10.9. The molecule has 3 heterocycles. The molecule has 5 nitrogen and oxygen atoms in total. The van der Waals surface area contributed by atoms with Gasteiger partial charge in [-0.2, -0.15) is 5.26 Å². The van der Waals surface area contributed by atoms with Gasteiger partial charge in [-0.3, -0.25) is 0 Å². The van der Waals surface area contributed by atoms with Crippen LogP contribution in [0.3, 0.4) is 0 Å². The van der Waals surface area contributed by atoms with Gasteiger partial charge in [0.15, 0.2) is 5.82 Å². The van der Waals surface area contributed by atoms with Gasteiger partial charge < -0.3 is 9.13 Å². The summed E-state index contributed by atoms with van der Waals surface area (Å²) in [5, 5.41) is 15.6. The van der Waals surface area contributed by atoms with Crippen LogP contribution in [0.5, 0.6) is 0 Å². The van der Waals surface area contributed by atoms with Crippen LogP contribution >= 0.6 is 0 Å². The van der Waals surface area contributed by atoms with Crippen molar-refractivity contribution in [1.82, 2.24) is 19.1 Å². The summed E-state index contributed by atoms with van der Waals surface area (Å²) < 4.78 is 4.79. The fraction of sp³-hybridized carbons (Fsp3) is 0. The molecule has 0 unspecified atom stereocenters. The summed E-state index contributed by atoms with van der Waals surface area (Å²) in [5.74, 6) is 0.533. The van der Waals surface area contributed by atoms with Crippen molar-refractivity contribution in [2.24, 2.45) is 0 Å². The minimum Gasteiger partial charge on any atom is -0.309 e. The summed E-state index contributed by atoms with van der Waals surface area (Å²) >= 11 is 0. The molecule has 0 fully saturated rings. The Kier molecular flexibility index (Phi) is 8.81. The van der Waals surface area contributed by atoms with Crippen LogP contribution in [-0.4, -0.2) is 19.1 Å². The first kappa shape index (κ1) is 37.0. The van der Waals surface area contributed by atoms with Gasteiger partial charge in [0.2, 0.25) is 0 Å². The van der Waals surface area contributed by atoms with Crippen LogP contribution in [0, 0.1) is 11.3 Å². The fourth-order valence-electron chi connectivity index (χ4n) is 9.61. The number of aromatic nitrogens is 4. The molecule has 0 saturated heterocycles. The molecule has 0 aliphatic carbocycles. The van der Waals surface area contributed by atoms with E-state index in [4.69, 9.17) is 9.97 Å². The van der Waals surface area contributed by atoms with E-state index in [2.05, 4.69) is 173 Å². The van der Waals surface area contributed by atoms with Crippen molar-refractivity contribution >= 4 is 43.6 Å². The second-order valence-corrected chi connectivity index (χ2v) is 16.0. The van der Waals surface area contributed by atoms with Crippen LogP contribution in [0.2, 0.25) is 0 Å². The number of nitrogens with zero attached hydrogens (tertiary/aromatic N) is 5. The van der Waals surface area contributed by atoms with E-state index < -0.39 is 0 Å². The van der Waals surface area contributed by atoms with Crippen LogP contribution in [0.1, 0.15) is 5.56 Å². The van der Waals surface area contributed by atoms with E-state index in [1.807, 2.05) is 66.7 Å². The molecular formula is C59H37N5. The minimum absolute atomic E-state index is 0.432. The number of fused-ring (bicyclic) bond motifs is 6. The molecule has 0 radical (unpaired) electrons. The van der Waals surface area contributed by atoms with Crippen LogP contribution in [0.25, 0.3) is 111 Å².